The van der Waals surface area contributed by atoms with Crippen LogP contribution >= 0.6 is 0 Å². The van der Waals surface area contributed by atoms with E-state index in [0.717, 1.165) is 30.3 Å². The molecule has 0 radical (unpaired) electrons. The van der Waals surface area contributed by atoms with Crippen molar-refractivity contribution in [3.8, 4) is 0 Å². The van der Waals surface area contributed by atoms with Gasteiger partial charge in [0.15, 0.2) is 0 Å². The lowest BCUT2D eigenvalue weighted by Crippen LogP contribution is -2.53. The number of aromatic nitrogens is 2. The lowest BCUT2D eigenvalue weighted by molar-refractivity contribution is -0.149. The molecule has 146 valence electrons. The van der Waals surface area contributed by atoms with Crippen molar-refractivity contribution < 1.29 is 18.0 Å². The number of fused-ring (bicyclic) bond motifs is 2. The number of hydrogen-bond donors (Lipinski definition) is 0. The van der Waals surface area contributed by atoms with E-state index in [-0.39, 0.29) is 24.0 Å². The van der Waals surface area contributed by atoms with Gasteiger partial charge in [-0.15, -0.1) is 0 Å². The van der Waals surface area contributed by atoms with Crippen molar-refractivity contribution in [3.05, 3.63) is 30.1 Å². The van der Waals surface area contributed by atoms with Gasteiger partial charge < -0.3 is 9.47 Å². The molecule has 0 spiro atoms. The van der Waals surface area contributed by atoms with Crippen LogP contribution in [0.25, 0.3) is 11.0 Å². The molecule has 4 rings (SSSR count). The normalized spacial score (nSPS) is 26.2. The van der Waals surface area contributed by atoms with E-state index in [2.05, 4.69) is 11.9 Å². The Morgan fingerprint density at radius 2 is 1.93 bits per heavy atom. The molecule has 1 saturated carbocycles. The van der Waals surface area contributed by atoms with E-state index in [1.54, 1.807) is 24.3 Å². The molecule has 0 unspecified atom stereocenters. The molecule has 7 heteroatoms. The molecule has 0 bridgehead atoms. The van der Waals surface area contributed by atoms with Crippen LogP contribution in [0.3, 0.4) is 0 Å². The summed E-state index contributed by atoms with van der Waals surface area (Å²) in [6, 6.07) is 6.62. The molecule has 1 saturated heterocycles. The number of nitrogens with zero attached hydrogens (tertiary/aromatic N) is 3. The lowest BCUT2D eigenvalue weighted by Gasteiger charge is -2.47. The molecule has 2 fully saturated rings. The van der Waals surface area contributed by atoms with E-state index in [4.69, 9.17) is 0 Å². The highest BCUT2D eigenvalue weighted by atomic mass is 19.4. The fourth-order valence-electron chi connectivity index (χ4n) is 5.03. The van der Waals surface area contributed by atoms with Gasteiger partial charge in [-0.25, -0.2) is 4.98 Å². The third kappa shape index (κ3) is 3.32. The van der Waals surface area contributed by atoms with Crippen LogP contribution in [0.4, 0.5) is 13.2 Å². The molecule has 0 N–H and O–H groups in total. The number of likely N-dealkylation sites (tertiary alicyclic amines) is 1. The van der Waals surface area contributed by atoms with E-state index in [9.17, 15) is 18.0 Å². The van der Waals surface area contributed by atoms with Crippen molar-refractivity contribution in [1.29, 1.82) is 0 Å². The van der Waals surface area contributed by atoms with Crippen LogP contribution in [0.5, 0.6) is 0 Å². The maximum atomic E-state index is 13.5. The first-order valence-corrected chi connectivity index (χ1v) is 9.68. The number of alkyl halides is 3. The van der Waals surface area contributed by atoms with Crippen molar-refractivity contribution >= 4 is 16.9 Å². The third-order valence-electron chi connectivity index (χ3n) is 6.16. The third-order valence-corrected chi connectivity index (χ3v) is 6.16. The van der Waals surface area contributed by atoms with E-state index in [1.165, 1.54) is 6.42 Å². The van der Waals surface area contributed by atoms with Crippen molar-refractivity contribution in [1.82, 2.24) is 14.5 Å². The number of imidazole rings is 1. The Hall–Kier alpha value is -2.05. The average molecular weight is 379 g/mol. The molecule has 1 aliphatic heterocycles. The minimum absolute atomic E-state index is 0.157. The highest BCUT2D eigenvalue weighted by Crippen LogP contribution is 2.39. The van der Waals surface area contributed by atoms with Gasteiger partial charge in [0.05, 0.1) is 11.0 Å². The molecule has 1 aliphatic carbocycles. The van der Waals surface area contributed by atoms with Crippen LogP contribution in [0.1, 0.15) is 44.9 Å². The average Bonchev–Trinajstić information content (AvgIpc) is 3.00. The number of hydrogen-bond acceptors (Lipinski definition) is 2. The van der Waals surface area contributed by atoms with E-state index < -0.39 is 12.0 Å². The summed E-state index contributed by atoms with van der Waals surface area (Å²) in [6.07, 6.45) is 0.807. The smallest absolute Gasteiger partial charge is 0.338 e. The van der Waals surface area contributed by atoms with Crippen molar-refractivity contribution in [2.75, 3.05) is 6.54 Å². The zero-order chi connectivity index (χ0) is 19.2. The van der Waals surface area contributed by atoms with Gasteiger partial charge in [0.1, 0.15) is 6.54 Å². The Morgan fingerprint density at radius 1 is 1.19 bits per heavy atom. The van der Waals surface area contributed by atoms with Crippen LogP contribution in [0.2, 0.25) is 0 Å². The molecule has 2 aliphatic rings. The number of para-hydroxylation sites is 2. The number of benzene rings is 1. The van der Waals surface area contributed by atoms with Gasteiger partial charge in [-0.05, 0) is 49.7 Å². The van der Waals surface area contributed by atoms with Gasteiger partial charge in [-0.2, -0.15) is 13.2 Å². The summed E-state index contributed by atoms with van der Waals surface area (Å²) in [5.41, 5.74) is 0.614. The Labute approximate surface area is 156 Å². The zero-order valence-electron chi connectivity index (χ0n) is 15.4. The molecular formula is C20H24F3N3O. The largest absolute Gasteiger partial charge is 0.449 e. The van der Waals surface area contributed by atoms with Gasteiger partial charge in [0, 0.05) is 12.6 Å². The van der Waals surface area contributed by atoms with Crippen LogP contribution in [0, 0.1) is 11.8 Å². The monoisotopic (exact) mass is 379 g/mol. The first-order chi connectivity index (χ1) is 12.9. The minimum Gasteiger partial charge on any atom is -0.338 e. The summed E-state index contributed by atoms with van der Waals surface area (Å²) in [5, 5.41) is 0. The maximum absolute atomic E-state index is 13.5. The summed E-state index contributed by atoms with van der Waals surface area (Å²) in [4.78, 5) is 18.7. The Morgan fingerprint density at radius 3 is 2.70 bits per heavy atom. The second kappa shape index (κ2) is 6.84. The van der Waals surface area contributed by atoms with E-state index in [1.807, 2.05) is 4.90 Å². The standard InChI is InChI=1S/C20H24F3N3O/c1-13-6-4-7-14-8-5-11-25(18(13)14)17(27)12-26-16-10-3-2-9-15(16)24-19(26)20(21,22)23/h2-3,9-10,13-14,18H,4-8,11-12H2,1H3/t13-,14-,18+/m1/s1. The Balaban J connectivity index is 1.66. The summed E-state index contributed by atoms with van der Waals surface area (Å²) in [5.74, 6) is -0.350. The van der Waals surface area contributed by atoms with Gasteiger partial charge in [0.25, 0.3) is 0 Å². The molecule has 2 heterocycles. The second-order valence-electron chi connectivity index (χ2n) is 7.90. The van der Waals surface area contributed by atoms with E-state index in [0.29, 0.717) is 23.9 Å². The molecule has 3 atom stereocenters. The van der Waals surface area contributed by atoms with Crippen molar-refractivity contribution in [2.45, 2.75) is 57.8 Å². The number of carbonyl (C=O) groups excluding carboxylic acids is 1. The first-order valence-electron chi connectivity index (χ1n) is 9.68. The fourth-order valence-corrected chi connectivity index (χ4v) is 5.03. The Kier molecular flexibility index (Phi) is 4.64. The zero-order valence-corrected chi connectivity index (χ0v) is 15.4. The minimum atomic E-state index is -4.60. The molecule has 1 aromatic carbocycles. The second-order valence-corrected chi connectivity index (χ2v) is 7.90. The molecule has 4 nitrogen and oxygen atoms in total. The van der Waals surface area contributed by atoms with Crippen LogP contribution < -0.4 is 0 Å². The number of rotatable bonds is 2. The van der Waals surface area contributed by atoms with Gasteiger partial charge >= 0.3 is 6.18 Å². The summed E-state index contributed by atoms with van der Waals surface area (Å²) in [6.45, 7) is 2.49. The number of halogens is 3. The number of amides is 1. The summed E-state index contributed by atoms with van der Waals surface area (Å²) >= 11 is 0. The van der Waals surface area contributed by atoms with Crippen LogP contribution in [0.15, 0.2) is 24.3 Å². The first kappa shape index (κ1) is 18.3. The highest BCUT2D eigenvalue weighted by molar-refractivity contribution is 5.81. The van der Waals surface area contributed by atoms with Crippen molar-refractivity contribution in [2.24, 2.45) is 11.8 Å². The lowest BCUT2D eigenvalue weighted by atomic mass is 9.73. The summed E-state index contributed by atoms with van der Waals surface area (Å²) < 4.78 is 41.5. The van der Waals surface area contributed by atoms with Gasteiger partial charge in [0.2, 0.25) is 11.7 Å². The SMILES string of the molecule is C[C@@H]1CCC[C@@H]2CCCN(C(=O)Cn3c(C(F)(F)F)nc4ccccc43)[C@H]21. The molecule has 27 heavy (non-hydrogen) atoms. The van der Waals surface area contributed by atoms with E-state index >= 15 is 0 Å². The number of carbonyl (C=O) groups is 1. The van der Waals surface area contributed by atoms with Crippen molar-refractivity contribution in [3.63, 3.8) is 0 Å². The predicted octanol–water partition coefficient (Wildman–Crippen LogP) is 4.48. The maximum Gasteiger partial charge on any atom is 0.449 e. The highest BCUT2D eigenvalue weighted by Gasteiger charge is 2.41. The van der Waals surface area contributed by atoms with Crippen LogP contribution in [-0.2, 0) is 17.5 Å². The van der Waals surface area contributed by atoms with Crippen LogP contribution in [-0.4, -0.2) is 32.9 Å². The quantitative estimate of drug-likeness (QED) is 0.772. The molecular weight excluding hydrogens is 355 g/mol. The topological polar surface area (TPSA) is 38.1 Å². The predicted molar refractivity (Wildman–Crippen MR) is 96.0 cm³/mol. The molecule has 1 aromatic heterocycles. The number of piperidine rings is 1. The van der Waals surface area contributed by atoms with Gasteiger partial charge in [-0.1, -0.05) is 25.5 Å². The summed E-state index contributed by atoms with van der Waals surface area (Å²) in [7, 11) is 0. The molecule has 2 aromatic rings. The fraction of sp³-hybridized carbons (Fsp3) is 0.600. The Bertz CT molecular complexity index is 843. The molecule has 1 amide bonds. The van der Waals surface area contributed by atoms with Gasteiger partial charge in [-0.3, -0.25) is 4.79 Å².